The number of carbonyl (C=O) groups excluding carboxylic acids is 1. The third kappa shape index (κ3) is 3.18. The number of carbonyl (C=O) groups is 1. The van der Waals surface area contributed by atoms with E-state index in [4.69, 9.17) is 25.5 Å². The first-order valence-corrected chi connectivity index (χ1v) is 7.23. The van der Waals surface area contributed by atoms with Crippen molar-refractivity contribution in [1.82, 2.24) is 0 Å². The Balaban J connectivity index is 2.06. The van der Waals surface area contributed by atoms with Crippen LogP contribution in [0.15, 0.2) is 21.3 Å². The second-order valence-corrected chi connectivity index (χ2v) is 5.91. The fourth-order valence-corrected chi connectivity index (χ4v) is 2.31. The van der Waals surface area contributed by atoms with Crippen molar-refractivity contribution in [3.8, 4) is 0 Å². The van der Waals surface area contributed by atoms with E-state index < -0.39 is 11.6 Å². The van der Waals surface area contributed by atoms with Crippen molar-refractivity contribution in [3.63, 3.8) is 0 Å². The molecule has 1 aromatic heterocycles. The van der Waals surface area contributed by atoms with Crippen LogP contribution in [0.2, 0.25) is 5.02 Å². The quantitative estimate of drug-likeness (QED) is 0.418. The standard InChI is InChI=1S/C15H19ClO4/c1-4-5-6-9-15(2,3)18-14(17)10-7-8-11-13(12(10)16)20-19-11/h7-8H,4-6,9H2,1-3H3. The molecule has 2 aromatic rings. The minimum Gasteiger partial charge on any atom is -0.456 e. The molecule has 0 saturated heterocycles. The Hall–Kier alpha value is -1.42. The minimum atomic E-state index is -0.504. The van der Waals surface area contributed by atoms with Crippen LogP contribution in [0.4, 0.5) is 0 Å². The Morgan fingerprint density at radius 2 is 2.05 bits per heavy atom. The van der Waals surface area contributed by atoms with Gasteiger partial charge < -0.3 is 4.74 Å². The maximum atomic E-state index is 12.2. The van der Waals surface area contributed by atoms with E-state index >= 15 is 0 Å². The highest BCUT2D eigenvalue weighted by Gasteiger charge is 2.26. The van der Waals surface area contributed by atoms with Gasteiger partial charge in [0.2, 0.25) is 11.2 Å². The third-order valence-electron chi connectivity index (χ3n) is 3.25. The predicted octanol–water partition coefficient (Wildman–Crippen LogP) is 5.19. The molecule has 1 aromatic carbocycles. The summed E-state index contributed by atoms with van der Waals surface area (Å²) >= 11 is 6.09. The van der Waals surface area contributed by atoms with Crippen LogP contribution in [0.1, 0.15) is 56.8 Å². The predicted molar refractivity (Wildman–Crippen MR) is 77.1 cm³/mol. The molecule has 2 rings (SSSR count). The maximum absolute atomic E-state index is 12.2. The van der Waals surface area contributed by atoms with E-state index in [0.29, 0.717) is 16.7 Å². The number of fused-ring (bicyclic) bond motifs is 1. The second kappa shape index (κ2) is 5.92. The number of unbranched alkanes of at least 4 members (excludes halogenated alkanes) is 2. The van der Waals surface area contributed by atoms with E-state index in [1.165, 1.54) is 0 Å². The molecule has 20 heavy (non-hydrogen) atoms. The van der Waals surface area contributed by atoms with E-state index in [0.717, 1.165) is 25.7 Å². The molecule has 4 nitrogen and oxygen atoms in total. The van der Waals surface area contributed by atoms with Crippen molar-refractivity contribution in [1.29, 1.82) is 0 Å². The summed E-state index contributed by atoms with van der Waals surface area (Å²) in [6, 6.07) is 3.24. The Kier molecular flexibility index (Phi) is 4.43. The number of rotatable bonds is 6. The number of hydrogen-bond donors (Lipinski definition) is 0. The van der Waals surface area contributed by atoms with Gasteiger partial charge in [-0.1, -0.05) is 31.4 Å². The van der Waals surface area contributed by atoms with Gasteiger partial charge in [0.15, 0.2) is 0 Å². The van der Waals surface area contributed by atoms with Gasteiger partial charge in [-0.05, 0) is 38.8 Å². The van der Waals surface area contributed by atoms with Crippen molar-refractivity contribution in [2.24, 2.45) is 0 Å². The molecule has 0 amide bonds. The van der Waals surface area contributed by atoms with E-state index in [1.54, 1.807) is 12.1 Å². The van der Waals surface area contributed by atoms with Crippen LogP contribution in [-0.4, -0.2) is 11.6 Å². The number of benzene rings is 1. The topological polar surface area (TPSA) is 52.6 Å². The lowest BCUT2D eigenvalue weighted by molar-refractivity contribution is -0.00554. The molecule has 0 aliphatic carbocycles. The Labute approximate surface area is 122 Å². The molecule has 0 radical (unpaired) electrons. The first-order valence-electron chi connectivity index (χ1n) is 6.85. The molecule has 1 heterocycles. The lowest BCUT2D eigenvalue weighted by Crippen LogP contribution is -2.28. The molecule has 0 spiro atoms. The molecule has 0 bridgehead atoms. The van der Waals surface area contributed by atoms with Gasteiger partial charge in [0.25, 0.3) is 0 Å². The zero-order valence-electron chi connectivity index (χ0n) is 12.0. The minimum absolute atomic E-state index is 0.239. The van der Waals surface area contributed by atoms with Gasteiger partial charge in [-0.2, -0.15) is 0 Å². The van der Waals surface area contributed by atoms with Gasteiger partial charge in [0.1, 0.15) is 10.6 Å². The van der Waals surface area contributed by atoms with Crippen LogP contribution >= 0.6 is 11.6 Å². The fourth-order valence-electron chi connectivity index (χ4n) is 2.05. The first-order chi connectivity index (χ1) is 9.44. The SMILES string of the molecule is CCCCCC(C)(C)OC(=O)c1ccc2ooc2c1Cl. The Bertz CT molecular complexity index is 594. The van der Waals surface area contributed by atoms with Crippen molar-refractivity contribution in [3.05, 3.63) is 22.7 Å². The maximum Gasteiger partial charge on any atom is 0.340 e. The summed E-state index contributed by atoms with van der Waals surface area (Å²) in [6.45, 7) is 5.97. The summed E-state index contributed by atoms with van der Waals surface area (Å²) in [4.78, 5) is 12.2. The molecule has 0 aliphatic rings. The zero-order chi connectivity index (χ0) is 14.8. The largest absolute Gasteiger partial charge is 0.456 e. The highest BCUT2D eigenvalue weighted by Crippen LogP contribution is 2.31. The highest BCUT2D eigenvalue weighted by atomic mass is 35.5. The number of esters is 1. The summed E-state index contributed by atoms with van der Waals surface area (Å²) in [5.74, 6) is -0.435. The Morgan fingerprint density at radius 3 is 2.65 bits per heavy atom. The van der Waals surface area contributed by atoms with Gasteiger partial charge in [-0.25, -0.2) is 4.79 Å². The molecular formula is C15H19ClO4. The van der Waals surface area contributed by atoms with Crippen molar-refractivity contribution >= 4 is 28.7 Å². The normalized spacial score (nSPS) is 12.0. The second-order valence-electron chi connectivity index (χ2n) is 5.53. The molecule has 0 N–H and O–H groups in total. The highest BCUT2D eigenvalue weighted by molar-refractivity contribution is 6.37. The number of ether oxygens (including phenoxy) is 1. The van der Waals surface area contributed by atoms with Gasteiger partial charge in [-0.15, -0.1) is 0 Å². The zero-order valence-corrected chi connectivity index (χ0v) is 12.8. The fraction of sp³-hybridized carbons (Fsp3) is 0.533. The Morgan fingerprint density at radius 1 is 1.30 bits per heavy atom. The lowest BCUT2D eigenvalue weighted by Gasteiger charge is -2.25. The number of hydrogen-bond acceptors (Lipinski definition) is 4. The molecule has 5 heteroatoms. The van der Waals surface area contributed by atoms with E-state index in [9.17, 15) is 4.79 Å². The summed E-state index contributed by atoms with van der Waals surface area (Å²) in [6.07, 6.45) is 4.13. The van der Waals surface area contributed by atoms with Crippen molar-refractivity contribution in [2.75, 3.05) is 0 Å². The van der Waals surface area contributed by atoms with Gasteiger partial charge in [0, 0.05) is 0 Å². The van der Waals surface area contributed by atoms with Gasteiger partial charge in [0.05, 0.1) is 5.56 Å². The van der Waals surface area contributed by atoms with Crippen LogP contribution in [-0.2, 0) is 4.74 Å². The van der Waals surface area contributed by atoms with Crippen LogP contribution in [0.5, 0.6) is 0 Å². The van der Waals surface area contributed by atoms with Crippen LogP contribution in [0.3, 0.4) is 0 Å². The average molecular weight is 299 g/mol. The van der Waals surface area contributed by atoms with Crippen LogP contribution < -0.4 is 0 Å². The number of halogens is 1. The van der Waals surface area contributed by atoms with Crippen molar-refractivity contribution < 1.29 is 18.7 Å². The van der Waals surface area contributed by atoms with E-state index in [1.807, 2.05) is 13.8 Å². The smallest absolute Gasteiger partial charge is 0.340 e. The molecular weight excluding hydrogens is 280 g/mol. The molecule has 0 atom stereocenters. The molecule has 0 aliphatic heterocycles. The summed E-state index contributed by atoms with van der Waals surface area (Å²) in [5, 5.41) is 0.239. The first kappa shape index (κ1) is 15.0. The van der Waals surface area contributed by atoms with Gasteiger partial charge in [-0.3, -0.25) is 9.15 Å². The van der Waals surface area contributed by atoms with Gasteiger partial charge >= 0.3 is 5.97 Å². The monoisotopic (exact) mass is 298 g/mol. The summed E-state index contributed by atoms with van der Waals surface area (Å²) in [5.41, 5.74) is 0.728. The van der Waals surface area contributed by atoms with Crippen LogP contribution in [0.25, 0.3) is 11.2 Å². The van der Waals surface area contributed by atoms with E-state index in [2.05, 4.69) is 6.92 Å². The molecule has 110 valence electrons. The summed E-state index contributed by atoms with van der Waals surface area (Å²) in [7, 11) is 0. The van der Waals surface area contributed by atoms with Crippen molar-refractivity contribution in [2.45, 2.75) is 52.1 Å². The summed E-state index contributed by atoms with van der Waals surface area (Å²) < 4.78 is 15.0. The third-order valence-corrected chi connectivity index (χ3v) is 3.62. The lowest BCUT2D eigenvalue weighted by atomic mass is 10.0. The molecule has 0 fully saturated rings. The van der Waals surface area contributed by atoms with Crippen LogP contribution in [0, 0.1) is 0 Å². The molecule has 0 unspecified atom stereocenters. The average Bonchev–Trinajstić information content (AvgIpc) is 2.30. The molecule has 0 saturated carbocycles. The van der Waals surface area contributed by atoms with E-state index in [-0.39, 0.29) is 5.02 Å².